The molecule has 1 aliphatic heterocycles. The molecule has 72 heavy (non-hydrogen) atoms. The Hall–Kier alpha value is -7.46. The second-order valence-corrected chi connectivity index (χ2v) is 20.7. The summed E-state index contributed by atoms with van der Waals surface area (Å²) in [6, 6.07) is 76.5. The zero-order valence-electron chi connectivity index (χ0n) is 41.8. The number of hydrogen-bond donors (Lipinski definition) is 0. The maximum Gasteiger partial charge on any atom is 0.135 e. The van der Waals surface area contributed by atoms with Crippen LogP contribution in [0, 0.1) is 18.8 Å². The Balaban J connectivity index is 0.00000596. The van der Waals surface area contributed by atoms with Crippen LogP contribution in [-0.2, 0) is 37.3 Å². The van der Waals surface area contributed by atoms with E-state index in [1.54, 1.807) is 0 Å². The van der Waals surface area contributed by atoms with Crippen molar-refractivity contribution in [2.45, 2.75) is 64.7 Å². The van der Waals surface area contributed by atoms with E-state index in [0.29, 0.717) is 11.5 Å². The van der Waals surface area contributed by atoms with Gasteiger partial charge < -0.3 is 19.1 Å². The summed E-state index contributed by atoms with van der Waals surface area (Å²) >= 11 is 0. The van der Waals surface area contributed by atoms with Crippen LogP contribution in [0.2, 0.25) is 0 Å². The Labute approximate surface area is 439 Å². The number of hydrogen-bond acceptors (Lipinski definition) is 4. The van der Waals surface area contributed by atoms with Gasteiger partial charge in [0.2, 0.25) is 0 Å². The molecule has 10 aromatic rings. The molecule has 0 N–H and O–H groups in total. The number of rotatable bonds is 11. The van der Waals surface area contributed by atoms with Gasteiger partial charge in [0.05, 0.1) is 0 Å². The maximum atomic E-state index is 6.98. The van der Waals surface area contributed by atoms with E-state index in [1.807, 2.05) is 12.3 Å². The fourth-order valence-corrected chi connectivity index (χ4v) is 9.85. The molecule has 1 aliphatic rings. The van der Waals surface area contributed by atoms with Gasteiger partial charge in [-0.3, -0.25) is 0 Å². The number of aromatic nitrogens is 2. The third-order valence-corrected chi connectivity index (χ3v) is 14.3. The van der Waals surface area contributed by atoms with Gasteiger partial charge in [0.25, 0.3) is 0 Å². The van der Waals surface area contributed by atoms with E-state index in [4.69, 9.17) is 9.72 Å². The summed E-state index contributed by atoms with van der Waals surface area (Å²) < 4.78 is 9.21. The van der Waals surface area contributed by atoms with Crippen molar-refractivity contribution in [1.82, 2.24) is 9.55 Å². The summed E-state index contributed by atoms with van der Waals surface area (Å²) in [5, 5.41) is 2.18. The third kappa shape index (κ3) is 9.30. The SMILES string of the molecule is CC(C)(C)c1cc(-c2ccccc2)cc(N2C=CN(c3[c-]c(Oc4[c-]c5c(cc4)c4cc(-c6ccccc6)ccc4n5-c4cc(C(C)(C)c5ccccc5)ccn4)cc(C(C)(C)c4ccccc4)c3)[CH-]2)c1.[Pt]. The molecule has 0 saturated carbocycles. The summed E-state index contributed by atoms with van der Waals surface area (Å²) in [5.41, 5.74) is 13.9. The van der Waals surface area contributed by atoms with E-state index in [-0.39, 0.29) is 37.3 Å². The van der Waals surface area contributed by atoms with Gasteiger partial charge in [-0.25, -0.2) is 4.98 Å². The van der Waals surface area contributed by atoms with E-state index in [1.165, 1.54) is 33.4 Å². The van der Waals surface area contributed by atoms with E-state index in [2.05, 4.69) is 282 Å². The summed E-state index contributed by atoms with van der Waals surface area (Å²) in [7, 11) is 0. The van der Waals surface area contributed by atoms with E-state index < -0.39 is 0 Å². The van der Waals surface area contributed by atoms with Crippen molar-refractivity contribution in [2.24, 2.45) is 0 Å². The fraction of sp³-hybridized carbons (Fsp3) is 0.152. The molecule has 0 amide bonds. The number of fused-ring (bicyclic) bond motifs is 3. The van der Waals surface area contributed by atoms with Gasteiger partial charge in [-0.05, 0) is 103 Å². The molecule has 0 aliphatic carbocycles. The molecule has 8 aromatic carbocycles. The molecule has 6 heteroatoms. The van der Waals surface area contributed by atoms with Crippen molar-refractivity contribution in [2.75, 3.05) is 9.80 Å². The van der Waals surface area contributed by atoms with Crippen molar-refractivity contribution in [1.29, 1.82) is 0 Å². The smallest absolute Gasteiger partial charge is 0.135 e. The zero-order valence-corrected chi connectivity index (χ0v) is 44.1. The molecule has 5 nitrogen and oxygen atoms in total. The molecule has 0 radical (unpaired) electrons. The zero-order chi connectivity index (χ0) is 48.9. The Morgan fingerprint density at radius 1 is 0.458 bits per heavy atom. The summed E-state index contributed by atoms with van der Waals surface area (Å²) in [6.45, 7) is 18.0. The first-order valence-electron chi connectivity index (χ1n) is 24.5. The number of ether oxygens (including phenoxy) is 1. The molecule has 0 unspecified atom stereocenters. The van der Waals surface area contributed by atoms with Gasteiger partial charge in [0.15, 0.2) is 0 Å². The van der Waals surface area contributed by atoms with Crippen molar-refractivity contribution >= 4 is 33.2 Å². The molecule has 0 spiro atoms. The third-order valence-electron chi connectivity index (χ3n) is 14.3. The number of pyridine rings is 1. The molecule has 3 heterocycles. The van der Waals surface area contributed by atoms with E-state index >= 15 is 0 Å². The maximum absolute atomic E-state index is 6.98. The second-order valence-electron chi connectivity index (χ2n) is 20.7. The minimum absolute atomic E-state index is 0. The molecule has 0 atom stereocenters. The predicted octanol–water partition coefficient (Wildman–Crippen LogP) is 16.8. The first-order valence-corrected chi connectivity index (χ1v) is 24.5. The number of benzene rings is 8. The quantitative estimate of drug-likeness (QED) is 0.121. The Kier molecular flexibility index (Phi) is 12.9. The Morgan fingerprint density at radius 3 is 1.72 bits per heavy atom. The van der Waals surface area contributed by atoms with Gasteiger partial charge in [-0.15, -0.1) is 53.6 Å². The van der Waals surface area contributed by atoms with Crippen molar-refractivity contribution < 1.29 is 25.8 Å². The molecule has 360 valence electrons. The first kappa shape index (κ1) is 48.2. The second kappa shape index (κ2) is 19.3. The summed E-state index contributed by atoms with van der Waals surface area (Å²) in [6.07, 6.45) is 6.14. The molecule has 0 fully saturated rings. The normalized spacial score (nSPS) is 12.9. The number of anilines is 2. The van der Waals surface area contributed by atoms with Crippen LogP contribution in [0.25, 0.3) is 49.9 Å². The minimum Gasteiger partial charge on any atom is -0.509 e. The van der Waals surface area contributed by atoms with Gasteiger partial charge in [0, 0.05) is 55.4 Å². The Morgan fingerprint density at radius 2 is 1.07 bits per heavy atom. The van der Waals surface area contributed by atoms with Crippen LogP contribution in [0.4, 0.5) is 11.4 Å². The monoisotopic (exact) mass is 1120 g/mol. The van der Waals surface area contributed by atoms with Crippen molar-refractivity contribution in [3.63, 3.8) is 0 Å². The standard InChI is InChI=1S/C66H57N4O.Pt/c1-64(2,3)53-36-49(47-22-14-9-15-23-47)37-55(39-53)68-34-35-69(45-68)56-40-54(66(6,7)51-26-18-11-19-27-51)41-58(43-56)71-57-29-30-59-60-38-48(46-20-12-8-13-21-46)28-31-61(60)70(62(59)44-57)63-42-52(32-33-67-63)65(4,5)50-24-16-10-17-25-50;/h8-42,45H,1-7H3;/q-3;. The van der Waals surface area contributed by atoms with E-state index in [0.717, 1.165) is 55.7 Å². The topological polar surface area (TPSA) is 33.5 Å². The molecule has 0 saturated heterocycles. The molecular weight excluding hydrogens is 1060 g/mol. The molecule has 2 aromatic heterocycles. The van der Waals surface area contributed by atoms with Gasteiger partial charge in [-0.2, -0.15) is 6.07 Å². The minimum atomic E-state index is -0.362. The van der Waals surface area contributed by atoms with Gasteiger partial charge in [-0.1, -0.05) is 194 Å². The summed E-state index contributed by atoms with van der Waals surface area (Å²) in [4.78, 5) is 9.37. The van der Waals surface area contributed by atoms with Gasteiger partial charge >= 0.3 is 0 Å². The summed E-state index contributed by atoms with van der Waals surface area (Å²) in [5.74, 6) is 1.99. The van der Waals surface area contributed by atoms with Crippen LogP contribution < -0.4 is 14.5 Å². The number of nitrogens with zero attached hydrogens (tertiary/aromatic N) is 4. The van der Waals surface area contributed by atoms with Crippen LogP contribution in [0.5, 0.6) is 11.5 Å². The largest absolute Gasteiger partial charge is 0.509 e. The molecular formula is C66H57N4OPt-3. The van der Waals surface area contributed by atoms with Crippen LogP contribution in [0.1, 0.15) is 76.3 Å². The van der Waals surface area contributed by atoms with Crippen LogP contribution in [0.15, 0.2) is 213 Å². The van der Waals surface area contributed by atoms with Crippen LogP contribution in [0.3, 0.4) is 0 Å². The van der Waals surface area contributed by atoms with E-state index in [9.17, 15) is 0 Å². The van der Waals surface area contributed by atoms with Crippen molar-refractivity contribution in [3.8, 4) is 39.6 Å². The molecule has 0 bridgehead atoms. The average Bonchev–Trinajstić information content (AvgIpc) is 4.03. The average molecular weight is 1120 g/mol. The van der Waals surface area contributed by atoms with Crippen molar-refractivity contribution in [3.05, 3.63) is 259 Å². The Bertz CT molecular complexity index is 3580. The first-order chi connectivity index (χ1) is 34.3. The van der Waals surface area contributed by atoms with Gasteiger partial charge in [0.1, 0.15) is 5.82 Å². The van der Waals surface area contributed by atoms with Crippen LogP contribution in [-0.4, -0.2) is 9.55 Å². The predicted molar refractivity (Wildman–Crippen MR) is 294 cm³/mol. The molecule has 11 rings (SSSR count). The fourth-order valence-electron chi connectivity index (χ4n) is 9.85. The van der Waals surface area contributed by atoms with Crippen LogP contribution >= 0.6 is 0 Å².